The van der Waals surface area contributed by atoms with Gasteiger partial charge in [0.05, 0.1) is 28.4 Å². The molecule has 0 radical (unpaired) electrons. The molecule has 4 heterocycles. The van der Waals surface area contributed by atoms with Crippen LogP contribution in [0.25, 0.3) is 33.4 Å². The molecule has 0 saturated carbocycles. The second kappa shape index (κ2) is 8.65. The van der Waals surface area contributed by atoms with Crippen LogP contribution in [0.2, 0.25) is 0 Å². The fourth-order valence-corrected chi connectivity index (χ4v) is 5.19. The van der Waals surface area contributed by atoms with Crippen LogP contribution in [0, 0.1) is 0 Å². The van der Waals surface area contributed by atoms with Gasteiger partial charge in [-0.05, 0) is 54.8 Å². The number of amides is 1. The molecule has 3 aromatic heterocycles. The van der Waals surface area contributed by atoms with Gasteiger partial charge in [0.25, 0.3) is 0 Å². The highest BCUT2D eigenvalue weighted by Gasteiger charge is 2.47. The van der Waals surface area contributed by atoms with Crippen LogP contribution in [0.3, 0.4) is 0 Å². The number of imidazole rings is 1. The molecule has 37 heavy (non-hydrogen) atoms. The smallest absolute Gasteiger partial charge is 0.329 e. The largest absolute Gasteiger partial charge is 0.408 e. The zero-order valence-electron chi connectivity index (χ0n) is 19.6. The third-order valence-corrected chi connectivity index (χ3v) is 6.94. The molecular weight excluding hydrogens is 483 g/mol. The predicted octanol–water partition coefficient (Wildman–Crippen LogP) is 4.66. The third-order valence-electron chi connectivity index (χ3n) is 6.94. The lowest BCUT2D eigenvalue weighted by atomic mass is 10.1. The summed E-state index contributed by atoms with van der Waals surface area (Å²) in [6, 6.07) is 18.3. The van der Waals surface area contributed by atoms with Crippen LogP contribution >= 0.6 is 0 Å². The molecule has 1 aliphatic rings. The Morgan fingerprint density at radius 2 is 1.65 bits per heavy atom. The van der Waals surface area contributed by atoms with E-state index in [0.29, 0.717) is 16.7 Å². The van der Waals surface area contributed by atoms with Gasteiger partial charge >= 0.3 is 11.9 Å². The van der Waals surface area contributed by atoms with Crippen molar-refractivity contribution in [3.05, 3.63) is 89.6 Å². The van der Waals surface area contributed by atoms with E-state index in [1.807, 2.05) is 48.7 Å². The summed E-state index contributed by atoms with van der Waals surface area (Å²) in [6.45, 7) is -0.430. The summed E-state index contributed by atoms with van der Waals surface area (Å²) < 4.78 is 44.8. The van der Waals surface area contributed by atoms with Crippen LogP contribution in [-0.2, 0) is 11.3 Å². The second-order valence-corrected chi connectivity index (χ2v) is 9.12. The fraction of sp³-hybridized carbons (Fsp3) is 0.222. The molecule has 0 N–H and O–H groups in total. The number of para-hydroxylation sites is 2. The first-order valence-corrected chi connectivity index (χ1v) is 11.9. The number of aromatic nitrogens is 4. The highest BCUT2D eigenvalue weighted by atomic mass is 19.4. The molecule has 188 valence electrons. The number of carbonyl (C=O) groups excluding carboxylic acids is 1. The number of pyridine rings is 1. The molecule has 0 unspecified atom stereocenters. The number of carbonyl (C=O) groups is 1. The normalized spacial score (nSPS) is 16.2. The van der Waals surface area contributed by atoms with Crippen molar-refractivity contribution in [3.8, 4) is 16.8 Å². The maximum atomic E-state index is 13.5. The van der Waals surface area contributed by atoms with Gasteiger partial charge < -0.3 is 4.90 Å². The van der Waals surface area contributed by atoms with E-state index in [2.05, 4.69) is 5.10 Å². The highest BCUT2D eigenvalue weighted by molar-refractivity contribution is 5.83. The molecular formula is C27H22F3N5O2. The lowest BCUT2D eigenvalue weighted by Crippen LogP contribution is -2.46. The number of likely N-dealkylation sites (tertiary alicyclic amines) is 1. The molecule has 6 rings (SSSR count). The van der Waals surface area contributed by atoms with E-state index < -0.39 is 30.4 Å². The van der Waals surface area contributed by atoms with Crippen molar-refractivity contribution in [1.82, 2.24) is 23.6 Å². The minimum absolute atomic E-state index is 0.0292. The van der Waals surface area contributed by atoms with Crippen LogP contribution in [-0.4, -0.2) is 48.3 Å². The summed E-state index contributed by atoms with van der Waals surface area (Å²) >= 11 is 0. The molecule has 10 heteroatoms. The molecule has 0 spiro atoms. The Morgan fingerprint density at radius 3 is 2.41 bits per heavy atom. The molecule has 5 aromatic rings. The number of fused-ring (bicyclic) bond motifs is 2. The highest BCUT2D eigenvalue weighted by Crippen LogP contribution is 2.33. The first kappa shape index (κ1) is 23.1. The first-order valence-electron chi connectivity index (χ1n) is 11.9. The molecule has 7 nitrogen and oxygen atoms in total. The van der Waals surface area contributed by atoms with Gasteiger partial charge in [-0.3, -0.25) is 13.9 Å². The van der Waals surface area contributed by atoms with Gasteiger partial charge in [-0.2, -0.15) is 18.3 Å². The summed E-state index contributed by atoms with van der Waals surface area (Å²) in [6.07, 6.45) is -0.687. The number of halogens is 3. The van der Waals surface area contributed by atoms with Gasteiger partial charge in [0.2, 0.25) is 5.91 Å². The predicted molar refractivity (Wildman–Crippen MR) is 133 cm³/mol. The molecule has 1 atom stereocenters. The Labute approximate surface area is 209 Å². The van der Waals surface area contributed by atoms with E-state index in [1.165, 1.54) is 9.13 Å². The number of hydrogen-bond acceptors (Lipinski definition) is 3. The van der Waals surface area contributed by atoms with Crippen molar-refractivity contribution in [1.29, 1.82) is 0 Å². The van der Waals surface area contributed by atoms with E-state index in [9.17, 15) is 22.8 Å². The average Bonchev–Trinajstić information content (AvgIpc) is 3.61. The summed E-state index contributed by atoms with van der Waals surface area (Å²) in [4.78, 5) is 27.3. The summed E-state index contributed by atoms with van der Waals surface area (Å²) in [5.74, 6) is -0.715. The lowest BCUT2D eigenvalue weighted by molar-refractivity contribution is -0.182. The van der Waals surface area contributed by atoms with E-state index in [4.69, 9.17) is 0 Å². The second-order valence-electron chi connectivity index (χ2n) is 9.12. The maximum Gasteiger partial charge on any atom is 0.408 e. The Hall–Kier alpha value is -4.34. The van der Waals surface area contributed by atoms with Gasteiger partial charge in [-0.25, -0.2) is 9.31 Å². The molecule has 1 aliphatic heterocycles. The topological polar surface area (TPSA) is 64.5 Å². The molecule has 0 aliphatic carbocycles. The number of benzene rings is 2. The zero-order valence-corrected chi connectivity index (χ0v) is 19.6. The van der Waals surface area contributed by atoms with Crippen molar-refractivity contribution < 1.29 is 18.0 Å². The van der Waals surface area contributed by atoms with Crippen molar-refractivity contribution in [2.75, 3.05) is 6.54 Å². The van der Waals surface area contributed by atoms with Crippen LogP contribution < -0.4 is 5.69 Å². The van der Waals surface area contributed by atoms with E-state index >= 15 is 0 Å². The quantitative estimate of drug-likeness (QED) is 0.357. The average molecular weight is 506 g/mol. The van der Waals surface area contributed by atoms with Crippen molar-refractivity contribution in [2.45, 2.75) is 31.6 Å². The Bertz CT molecular complexity index is 1680. The summed E-state index contributed by atoms with van der Waals surface area (Å²) in [7, 11) is 0. The van der Waals surface area contributed by atoms with Crippen LogP contribution in [0.4, 0.5) is 13.2 Å². The van der Waals surface area contributed by atoms with Crippen molar-refractivity contribution in [3.63, 3.8) is 0 Å². The van der Waals surface area contributed by atoms with E-state index in [1.54, 1.807) is 35.0 Å². The SMILES string of the molecule is O=C(Cn1c(=O)n(-c2ccc(-c3cnn4ccccc34)cc2)c2ccccc21)N1CCC[C@H]1C(F)(F)F. The van der Waals surface area contributed by atoms with E-state index in [0.717, 1.165) is 21.5 Å². The maximum absolute atomic E-state index is 13.5. The molecule has 1 saturated heterocycles. The lowest BCUT2D eigenvalue weighted by Gasteiger charge is -2.26. The molecule has 1 amide bonds. The third kappa shape index (κ3) is 3.89. The summed E-state index contributed by atoms with van der Waals surface area (Å²) in [5, 5.41) is 4.37. The van der Waals surface area contributed by atoms with Crippen molar-refractivity contribution >= 4 is 22.5 Å². The molecule has 2 aromatic carbocycles. The van der Waals surface area contributed by atoms with Gasteiger partial charge in [-0.1, -0.05) is 30.3 Å². The minimum atomic E-state index is -4.49. The number of hydrogen-bond donors (Lipinski definition) is 0. The van der Waals surface area contributed by atoms with E-state index in [-0.39, 0.29) is 19.4 Å². The van der Waals surface area contributed by atoms with Gasteiger partial charge in [0, 0.05) is 18.3 Å². The molecule has 1 fully saturated rings. The first-order chi connectivity index (χ1) is 17.8. The monoisotopic (exact) mass is 505 g/mol. The number of nitrogens with zero attached hydrogens (tertiary/aromatic N) is 5. The number of alkyl halides is 3. The summed E-state index contributed by atoms with van der Waals surface area (Å²) in [5.41, 5.74) is 3.96. The Morgan fingerprint density at radius 1 is 0.946 bits per heavy atom. The Kier molecular flexibility index (Phi) is 5.40. The standard InChI is InChI=1S/C27H22F3N5O2/c28-27(29,30)24-9-5-14-32(24)25(36)17-33-22-7-1-2-8-23(22)35(26(33)37)19-12-10-18(11-13-19)20-16-31-34-15-4-3-6-21(20)34/h1-4,6-8,10-13,15-16,24H,5,9,14,17H2/t24-/m0/s1. The minimum Gasteiger partial charge on any atom is -0.329 e. The van der Waals surface area contributed by atoms with Gasteiger partial charge in [0.1, 0.15) is 12.6 Å². The van der Waals surface area contributed by atoms with Gasteiger partial charge in [-0.15, -0.1) is 0 Å². The van der Waals surface area contributed by atoms with Gasteiger partial charge in [0.15, 0.2) is 0 Å². The Balaban J connectivity index is 1.37. The number of rotatable bonds is 4. The fourth-order valence-electron chi connectivity index (χ4n) is 5.19. The zero-order chi connectivity index (χ0) is 25.7. The van der Waals surface area contributed by atoms with Crippen LogP contribution in [0.5, 0.6) is 0 Å². The molecule has 0 bridgehead atoms. The van der Waals surface area contributed by atoms with Crippen LogP contribution in [0.15, 0.2) is 83.9 Å². The van der Waals surface area contributed by atoms with Crippen molar-refractivity contribution in [2.24, 2.45) is 0 Å². The van der Waals surface area contributed by atoms with Crippen LogP contribution in [0.1, 0.15) is 12.8 Å².